The minimum absolute atomic E-state index is 0.244. The lowest BCUT2D eigenvalue weighted by molar-refractivity contribution is 0.326. The van der Waals surface area contributed by atoms with Gasteiger partial charge in [-0.1, -0.05) is 17.8 Å². The number of hydrogen-bond acceptors (Lipinski definition) is 7. The maximum absolute atomic E-state index is 13.5. The van der Waals surface area contributed by atoms with E-state index in [0.717, 1.165) is 0 Å². The molecule has 0 N–H and O–H groups in total. The van der Waals surface area contributed by atoms with Gasteiger partial charge in [-0.05, 0) is 30.3 Å². The van der Waals surface area contributed by atoms with Crippen LogP contribution in [0.2, 0.25) is 0 Å². The lowest BCUT2D eigenvalue weighted by Gasteiger charge is -2.17. The third-order valence-electron chi connectivity index (χ3n) is 4.30. The first-order valence-corrected chi connectivity index (χ1v) is 9.72. The van der Waals surface area contributed by atoms with Gasteiger partial charge < -0.3 is 18.9 Å². The predicted molar refractivity (Wildman–Crippen MR) is 114 cm³/mol. The van der Waals surface area contributed by atoms with Crippen molar-refractivity contribution in [2.45, 2.75) is 5.16 Å². The van der Waals surface area contributed by atoms with E-state index in [1.54, 1.807) is 36.0 Å². The Hall–Kier alpha value is -3.13. The molecule has 0 spiro atoms. The molecule has 1 heterocycles. The Balaban J connectivity index is 2.38. The number of nitrogens with zero attached hydrogens (tertiary/aromatic N) is 2. The molecule has 0 saturated carbocycles. The average Bonchev–Trinajstić information content (AvgIpc) is 2.76. The highest BCUT2D eigenvalue weighted by atomic mass is 32.2. The first-order chi connectivity index (χ1) is 14.1. The molecule has 0 radical (unpaired) electrons. The summed E-state index contributed by atoms with van der Waals surface area (Å²) >= 11 is 1.40. The van der Waals surface area contributed by atoms with Crippen molar-refractivity contribution in [1.82, 2.24) is 9.55 Å². The van der Waals surface area contributed by atoms with Crippen LogP contribution in [-0.2, 0) is 0 Å². The summed E-state index contributed by atoms with van der Waals surface area (Å²) in [5, 5.41) is 0.872. The van der Waals surface area contributed by atoms with Crippen molar-refractivity contribution in [2.75, 3.05) is 34.2 Å². The minimum atomic E-state index is -0.244. The number of fused-ring (bicyclic) bond motifs is 1. The van der Waals surface area contributed by atoms with Gasteiger partial charge in [0, 0.05) is 5.75 Å². The van der Waals surface area contributed by atoms with E-state index in [1.165, 1.54) is 33.1 Å². The Kier molecular flexibility index (Phi) is 6.33. The van der Waals surface area contributed by atoms with Crippen LogP contribution < -0.4 is 24.5 Å². The zero-order chi connectivity index (χ0) is 21.0. The van der Waals surface area contributed by atoms with Crippen LogP contribution in [0.25, 0.3) is 16.6 Å². The van der Waals surface area contributed by atoms with Gasteiger partial charge in [-0.25, -0.2) is 4.98 Å². The van der Waals surface area contributed by atoms with Crippen LogP contribution in [0, 0.1) is 0 Å². The maximum atomic E-state index is 13.5. The smallest absolute Gasteiger partial charge is 0.266 e. The van der Waals surface area contributed by atoms with Crippen molar-refractivity contribution in [3.8, 4) is 28.7 Å². The van der Waals surface area contributed by atoms with E-state index in [2.05, 4.69) is 6.58 Å². The third-order valence-corrected chi connectivity index (χ3v) is 5.23. The lowest BCUT2D eigenvalue weighted by atomic mass is 10.2. The highest BCUT2D eigenvalue weighted by Gasteiger charge is 2.22. The normalized spacial score (nSPS) is 10.6. The van der Waals surface area contributed by atoms with Gasteiger partial charge in [0.15, 0.2) is 16.7 Å². The van der Waals surface area contributed by atoms with Crippen LogP contribution in [0.15, 0.2) is 52.9 Å². The number of benzene rings is 2. The number of thioether (sulfide) groups is 1. The summed E-state index contributed by atoms with van der Waals surface area (Å²) in [6.45, 7) is 3.76. The van der Waals surface area contributed by atoms with E-state index in [9.17, 15) is 4.79 Å². The van der Waals surface area contributed by atoms with Crippen LogP contribution in [0.5, 0.6) is 23.0 Å². The first kappa shape index (κ1) is 20.6. The predicted octanol–water partition coefficient (Wildman–Crippen LogP) is 3.70. The molecule has 0 saturated heterocycles. The topological polar surface area (TPSA) is 71.8 Å². The van der Waals surface area contributed by atoms with Crippen molar-refractivity contribution in [3.63, 3.8) is 0 Å². The van der Waals surface area contributed by atoms with Crippen molar-refractivity contribution < 1.29 is 18.9 Å². The fourth-order valence-corrected chi connectivity index (χ4v) is 3.70. The fourth-order valence-electron chi connectivity index (χ4n) is 2.96. The van der Waals surface area contributed by atoms with E-state index in [4.69, 9.17) is 23.9 Å². The molecule has 0 aliphatic rings. The largest absolute Gasteiger partial charge is 0.497 e. The van der Waals surface area contributed by atoms with E-state index in [0.29, 0.717) is 50.5 Å². The Morgan fingerprint density at radius 2 is 1.72 bits per heavy atom. The molecule has 3 aromatic rings. The summed E-state index contributed by atoms with van der Waals surface area (Å²) < 4.78 is 23.1. The van der Waals surface area contributed by atoms with Gasteiger partial charge in [-0.15, -0.1) is 6.58 Å². The summed E-state index contributed by atoms with van der Waals surface area (Å²) in [6, 6.07) is 8.83. The van der Waals surface area contributed by atoms with Gasteiger partial charge in [0.2, 0.25) is 5.75 Å². The second kappa shape index (κ2) is 8.91. The highest BCUT2D eigenvalue weighted by molar-refractivity contribution is 7.99. The van der Waals surface area contributed by atoms with Gasteiger partial charge in [-0.2, -0.15) is 0 Å². The standard InChI is InChI=1S/C21H22N2O5S/c1-6-11-29-21-22-17-15(12-16(26-3)18(27-4)19(17)28-5)20(24)23(21)13-7-9-14(25-2)10-8-13/h6-10,12H,1,11H2,2-5H3. The van der Waals surface area contributed by atoms with Gasteiger partial charge in [0.05, 0.1) is 39.5 Å². The molecular formula is C21H22N2O5S. The van der Waals surface area contributed by atoms with Crippen molar-refractivity contribution in [1.29, 1.82) is 0 Å². The molecule has 0 amide bonds. The lowest BCUT2D eigenvalue weighted by Crippen LogP contribution is -2.22. The van der Waals surface area contributed by atoms with Crippen LogP contribution in [-0.4, -0.2) is 43.7 Å². The minimum Gasteiger partial charge on any atom is -0.497 e. The van der Waals surface area contributed by atoms with E-state index >= 15 is 0 Å². The summed E-state index contributed by atoms with van der Waals surface area (Å²) in [4.78, 5) is 18.2. The molecule has 2 aromatic carbocycles. The number of rotatable bonds is 8. The summed E-state index contributed by atoms with van der Waals surface area (Å²) in [7, 11) is 6.12. The zero-order valence-corrected chi connectivity index (χ0v) is 17.5. The van der Waals surface area contributed by atoms with E-state index in [1.807, 2.05) is 12.1 Å². The van der Waals surface area contributed by atoms with Gasteiger partial charge in [0.25, 0.3) is 5.56 Å². The van der Waals surface area contributed by atoms with Crippen LogP contribution in [0.3, 0.4) is 0 Å². The molecule has 0 fully saturated rings. The molecule has 1 aromatic heterocycles. The average molecular weight is 414 g/mol. The second-order valence-electron chi connectivity index (χ2n) is 5.87. The maximum Gasteiger partial charge on any atom is 0.266 e. The Bertz CT molecular complexity index is 1090. The molecular weight excluding hydrogens is 392 g/mol. The van der Waals surface area contributed by atoms with Crippen LogP contribution in [0.4, 0.5) is 0 Å². The Labute approximate surface area is 172 Å². The number of aromatic nitrogens is 2. The van der Waals surface area contributed by atoms with Crippen molar-refractivity contribution >= 4 is 22.7 Å². The van der Waals surface area contributed by atoms with Crippen LogP contribution in [0.1, 0.15) is 0 Å². The molecule has 152 valence electrons. The van der Waals surface area contributed by atoms with E-state index < -0.39 is 0 Å². The number of hydrogen-bond donors (Lipinski definition) is 0. The van der Waals surface area contributed by atoms with Crippen LogP contribution >= 0.6 is 11.8 Å². The molecule has 0 atom stereocenters. The van der Waals surface area contributed by atoms with E-state index in [-0.39, 0.29) is 5.56 Å². The molecule has 3 rings (SSSR count). The highest BCUT2D eigenvalue weighted by Crippen LogP contribution is 2.42. The third kappa shape index (κ3) is 3.75. The SMILES string of the molecule is C=CCSc1nc2c(OC)c(OC)c(OC)cc2c(=O)n1-c1ccc(OC)cc1. The molecule has 0 aliphatic heterocycles. The van der Waals surface area contributed by atoms with Crippen molar-refractivity contribution in [3.05, 3.63) is 53.3 Å². The summed E-state index contributed by atoms with van der Waals surface area (Å²) in [6.07, 6.45) is 1.76. The Morgan fingerprint density at radius 3 is 2.28 bits per heavy atom. The zero-order valence-electron chi connectivity index (χ0n) is 16.7. The summed E-state index contributed by atoms with van der Waals surface area (Å²) in [5.41, 5.74) is 0.836. The number of methoxy groups -OCH3 is 4. The quantitative estimate of drug-likeness (QED) is 0.316. The molecule has 7 nitrogen and oxygen atoms in total. The second-order valence-corrected chi connectivity index (χ2v) is 6.86. The molecule has 8 heteroatoms. The molecule has 0 aliphatic carbocycles. The van der Waals surface area contributed by atoms with Gasteiger partial charge >= 0.3 is 0 Å². The number of ether oxygens (including phenoxy) is 4. The molecule has 0 unspecified atom stereocenters. The molecule has 0 bridgehead atoms. The van der Waals surface area contributed by atoms with Crippen molar-refractivity contribution in [2.24, 2.45) is 0 Å². The van der Waals surface area contributed by atoms with Gasteiger partial charge in [-0.3, -0.25) is 9.36 Å². The first-order valence-electron chi connectivity index (χ1n) is 8.73. The fraction of sp³-hybridized carbons (Fsp3) is 0.238. The summed E-state index contributed by atoms with van der Waals surface area (Å²) in [5.74, 6) is 2.41. The Morgan fingerprint density at radius 1 is 1.03 bits per heavy atom. The monoisotopic (exact) mass is 414 g/mol. The molecule has 29 heavy (non-hydrogen) atoms. The van der Waals surface area contributed by atoms with Gasteiger partial charge in [0.1, 0.15) is 11.3 Å².